The standard InChI is InChI=1S/C46H68FN7O12S/c1-13-33-46(10,60)39-25(4)35(50-28(7)55)23(2)17-44(8,38(26(5)37(57)45(9,47)43(59)65-33)66-42-36(56)32(54(11)12)16-24(3)64-42)62-20-31(19-61-39)53-63-21-30-15-14-29(18-49-30)41-52-34(22-67-41)51-40(58)27(6)48/h14-15,18,22-27,32-33,36,38-39,42,56,60H,13,16-17,19-21,48H2,1-12H3,(H,51,58)/b50-35+,53-31+/t23-,24-,25+,26+,27+,32+,33-,36-,38-,39-,42+,44-,45+,46-/m1/s1. The second-order valence-corrected chi connectivity index (χ2v) is 19.7. The number of likely N-dealkylation sites (N-methyl/N-ethyl adjacent to an activating group) is 1. The highest BCUT2D eigenvalue weighted by atomic mass is 32.1. The quantitative estimate of drug-likeness (QED) is 0.149. The van der Waals surface area contributed by atoms with Crippen LogP contribution in [0, 0.1) is 17.8 Å². The molecule has 0 aliphatic carbocycles. The molecule has 0 aromatic carbocycles. The first-order valence-corrected chi connectivity index (χ1v) is 23.5. The number of alkyl halides is 1. The number of amides is 2. The van der Waals surface area contributed by atoms with Gasteiger partial charge in [-0.1, -0.05) is 32.9 Å². The number of nitrogens with two attached hydrogens (primary N) is 1. The van der Waals surface area contributed by atoms with Crippen LogP contribution in [0.3, 0.4) is 0 Å². The molecule has 0 spiro atoms. The number of Topliss-reactive ketones (excluding diaryl/α,β-unsaturated/α-hetero) is 1. The van der Waals surface area contributed by atoms with E-state index in [1.54, 1.807) is 72.4 Å². The second-order valence-electron chi connectivity index (χ2n) is 18.9. The van der Waals surface area contributed by atoms with Crippen LogP contribution in [0.5, 0.6) is 0 Å². The number of thiazole rings is 1. The molecule has 2 aromatic rings. The molecule has 14 atom stereocenters. The van der Waals surface area contributed by atoms with E-state index in [1.165, 1.54) is 32.1 Å². The van der Waals surface area contributed by atoms with Gasteiger partial charge in [-0.05, 0) is 86.0 Å². The largest absolute Gasteiger partial charge is 0.457 e. The zero-order valence-electron chi connectivity index (χ0n) is 40.5. The molecule has 0 radical (unpaired) electrons. The number of ether oxygens (including phenoxy) is 5. The zero-order valence-corrected chi connectivity index (χ0v) is 41.3. The van der Waals surface area contributed by atoms with E-state index >= 15 is 4.39 Å². The summed E-state index contributed by atoms with van der Waals surface area (Å²) < 4.78 is 48.9. The van der Waals surface area contributed by atoms with Crippen LogP contribution in [-0.4, -0.2) is 153 Å². The highest BCUT2D eigenvalue weighted by molar-refractivity contribution is 7.13. The van der Waals surface area contributed by atoms with E-state index in [0.29, 0.717) is 34.2 Å². The average molecular weight is 962 g/mol. The SMILES string of the molecule is CC[C@H]1OC(=O)[C@@](C)(F)C(=O)[C@H](C)[C@@H](O[C@@H]2O[C@H](C)C[C@H](N(C)C)[C@H]2O)[C@@]2(C)C[C@@H](C)/C(=N\C(C)=O)[C@H](C)[C@@H](OC/C(=N\OCc3ccc(-c4nc(NC(=O)[C@H](C)N)cs4)cn3)CO2)[C@]1(C)O. The molecule has 3 fully saturated rings. The Morgan fingerprint density at radius 2 is 1.84 bits per heavy atom. The molecule has 3 aliphatic rings. The first-order chi connectivity index (χ1) is 31.3. The van der Waals surface area contributed by atoms with Crippen LogP contribution in [0.2, 0.25) is 0 Å². The zero-order chi connectivity index (χ0) is 49.8. The highest BCUT2D eigenvalue weighted by Crippen LogP contribution is 2.41. The Morgan fingerprint density at radius 1 is 1.13 bits per heavy atom. The summed E-state index contributed by atoms with van der Waals surface area (Å²) in [4.78, 5) is 74.4. The smallest absolute Gasteiger partial charge is 0.351 e. The number of carbonyl (C=O) groups excluding carboxylic acids is 4. The number of nitrogens with zero attached hydrogens (tertiary/aromatic N) is 5. The number of aliphatic hydroxyl groups excluding tert-OH is 1. The number of aliphatic hydroxyl groups is 2. The van der Waals surface area contributed by atoms with Gasteiger partial charge >= 0.3 is 5.97 Å². The molecule has 372 valence electrons. The van der Waals surface area contributed by atoms with Crippen LogP contribution >= 0.6 is 11.3 Å². The predicted octanol–water partition coefficient (Wildman–Crippen LogP) is 4.02. The van der Waals surface area contributed by atoms with E-state index in [4.69, 9.17) is 34.3 Å². The number of aromatic nitrogens is 2. The minimum absolute atomic E-state index is 0.0236. The lowest BCUT2D eigenvalue weighted by molar-refractivity contribution is -0.296. The molecule has 0 unspecified atom stereocenters. The minimum atomic E-state index is -3.24. The third kappa shape index (κ3) is 12.5. The Morgan fingerprint density at radius 3 is 2.45 bits per heavy atom. The van der Waals surface area contributed by atoms with Crippen molar-refractivity contribution in [1.82, 2.24) is 14.9 Å². The second kappa shape index (κ2) is 22.1. The molecular formula is C46H68FN7O12S. The fourth-order valence-electron chi connectivity index (χ4n) is 9.14. The van der Waals surface area contributed by atoms with Crippen molar-refractivity contribution in [2.75, 3.05) is 32.6 Å². The summed E-state index contributed by atoms with van der Waals surface area (Å²) in [5.74, 6) is -6.24. The van der Waals surface area contributed by atoms with Gasteiger partial charge in [-0.2, -0.15) is 0 Å². The van der Waals surface area contributed by atoms with Crippen LogP contribution in [0.1, 0.15) is 94.2 Å². The molecule has 3 aliphatic heterocycles. The Hall–Kier alpha value is -4.19. The number of hydrogen-bond acceptors (Lipinski definition) is 18. The van der Waals surface area contributed by atoms with Gasteiger partial charge in [0.15, 0.2) is 18.7 Å². The van der Waals surface area contributed by atoms with E-state index in [9.17, 15) is 29.4 Å². The monoisotopic (exact) mass is 961 g/mol. The van der Waals surface area contributed by atoms with E-state index in [1.807, 2.05) is 11.8 Å². The van der Waals surface area contributed by atoms with Crippen LogP contribution in [0.25, 0.3) is 10.6 Å². The molecule has 3 saturated heterocycles. The molecule has 67 heavy (non-hydrogen) atoms. The number of fused-ring (bicyclic) bond motifs is 5. The molecule has 5 rings (SSSR count). The number of cyclic esters (lactones) is 1. The Labute approximate surface area is 395 Å². The van der Waals surface area contributed by atoms with Crippen LogP contribution in [0.4, 0.5) is 10.2 Å². The lowest BCUT2D eigenvalue weighted by atomic mass is 9.73. The molecule has 2 amide bonds. The molecule has 5 heterocycles. The van der Waals surface area contributed by atoms with Gasteiger partial charge in [-0.3, -0.25) is 19.4 Å². The topological polar surface area (TPSA) is 256 Å². The molecule has 5 N–H and O–H groups in total. The number of rotatable bonds is 10. The Balaban J connectivity index is 1.59. The third-order valence-corrected chi connectivity index (χ3v) is 13.7. The van der Waals surface area contributed by atoms with Crippen LogP contribution < -0.4 is 11.1 Å². The summed E-state index contributed by atoms with van der Waals surface area (Å²) in [6, 6.07) is 2.39. The summed E-state index contributed by atoms with van der Waals surface area (Å²) in [6.07, 6.45) is -5.11. The Bertz CT molecular complexity index is 2130. The maximum absolute atomic E-state index is 17.0. The number of hydrogen-bond donors (Lipinski definition) is 4. The predicted molar refractivity (Wildman–Crippen MR) is 247 cm³/mol. The van der Waals surface area contributed by atoms with Gasteiger partial charge in [-0.15, -0.1) is 11.3 Å². The normalized spacial score (nSPS) is 36.4. The summed E-state index contributed by atoms with van der Waals surface area (Å²) in [5.41, 5.74) is 0.383. The van der Waals surface area contributed by atoms with Crippen molar-refractivity contribution in [2.45, 2.75) is 161 Å². The van der Waals surface area contributed by atoms with Gasteiger partial charge in [-0.25, -0.2) is 19.2 Å². The van der Waals surface area contributed by atoms with Crippen LogP contribution in [-0.2, 0) is 54.3 Å². The van der Waals surface area contributed by atoms with Gasteiger partial charge < -0.3 is 54.7 Å². The van der Waals surface area contributed by atoms with Gasteiger partial charge in [0.05, 0.1) is 48.9 Å². The number of carbonyl (C=O) groups is 4. The van der Waals surface area contributed by atoms with Gasteiger partial charge in [0.1, 0.15) is 34.3 Å². The number of anilines is 1. The van der Waals surface area contributed by atoms with Gasteiger partial charge in [0.2, 0.25) is 11.8 Å². The summed E-state index contributed by atoms with van der Waals surface area (Å²) in [5, 5.41) is 33.5. The summed E-state index contributed by atoms with van der Waals surface area (Å²) >= 11 is 1.31. The Kier molecular flexibility index (Phi) is 17.7. The number of oxime groups is 1. The van der Waals surface area contributed by atoms with Crippen LogP contribution in [0.15, 0.2) is 33.9 Å². The lowest BCUT2D eigenvalue weighted by Gasteiger charge is -2.47. The maximum Gasteiger partial charge on any atom is 0.351 e. The first kappa shape index (κ1) is 53.8. The van der Waals surface area contributed by atoms with Gasteiger partial charge in [0, 0.05) is 47.7 Å². The van der Waals surface area contributed by atoms with Crippen molar-refractivity contribution in [3.63, 3.8) is 0 Å². The molecule has 0 saturated carbocycles. The number of esters is 1. The summed E-state index contributed by atoms with van der Waals surface area (Å²) in [7, 11) is 3.61. The molecular weight excluding hydrogens is 894 g/mol. The van der Waals surface area contributed by atoms with E-state index in [2.05, 4.69) is 25.4 Å². The number of ketones is 1. The van der Waals surface area contributed by atoms with Crippen molar-refractivity contribution in [1.29, 1.82) is 0 Å². The first-order valence-electron chi connectivity index (χ1n) is 22.6. The lowest BCUT2D eigenvalue weighted by Crippen LogP contribution is -2.61. The number of nitrogens with one attached hydrogen (secondary N) is 1. The highest BCUT2D eigenvalue weighted by Gasteiger charge is 2.56. The number of pyridine rings is 1. The van der Waals surface area contributed by atoms with Gasteiger partial charge in [0.25, 0.3) is 5.67 Å². The molecule has 21 heteroatoms. The van der Waals surface area contributed by atoms with E-state index in [-0.39, 0.29) is 44.3 Å². The minimum Gasteiger partial charge on any atom is -0.457 e. The van der Waals surface area contributed by atoms with Crippen molar-refractivity contribution in [3.8, 4) is 10.6 Å². The van der Waals surface area contributed by atoms with Crippen molar-refractivity contribution >= 4 is 52.1 Å². The van der Waals surface area contributed by atoms with E-state index < -0.39 is 101 Å². The third-order valence-electron chi connectivity index (χ3n) is 12.8. The average Bonchev–Trinajstić information content (AvgIpc) is 3.72. The maximum atomic E-state index is 17.0. The molecule has 2 bridgehead atoms. The molecule has 2 aromatic heterocycles. The number of aliphatic imine (C=N–C) groups is 1. The number of halogens is 1. The van der Waals surface area contributed by atoms with E-state index in [0.717, 1.165) is 6.92 Å². The van der Waals surface area contributed by atoms with Crippen molar-refractivity contribution in [3.05, 3.63) is 29.4 Å². The van der Waals surface area contributed by atoms with Crippen molar-refractivity contribution in [2.24, 2.45) is 33.6 Å². The molecule has 19 nitrogen and oxygen atoms in total. The summed E-state index contributed by atoms with van der Waals surface area (Å²) in [6.45, 7) is 14.3. The van der Waals surface area contributed by atoms with Crippen molar-refractivity contribution < 1.29 is 62.3 Å². The fraction of sp³-hybridized carbons (Fsp3) is 0.696. The fourth-order valence-corrected chi connectivity index (χ4v) is 9.88.